The third-order valence-electron chi connectivity index (χ3n) is 5.41. The third kappa shape index (κ3) is 3.76. The van der Waals surface area contributed by atoms with Gasteiger partial charge in [0.2, 0.25) is 0 Å². The van der Waals surface area contributed by atoms with Gasteiger partial charge < -0.3 is 4.74 Å². The van der Waals surface area contributed by atoms with E-state index >= 15 is 0 Å². The van der Waals surface area contributed by atoms with Gasteiger partial charge in [0.1, 0.15) is 6.61 Å². The van der Waals surface area contributed by atoms with E-state index in [1.807, 2.05) is 18.2 Å². The summed E-state index contributed by atoms with van der Waals surface area (Å²) in [6, 6.07) is 11.0. The number of nitrogens with zero attached hydrogens (tertiary/aromatic N) is 1. The van der Waals surface area contributed by atoms with Crippen molar-refractivity contribution in [2.75, 3.05) is 4.90 Å². The normalized spacial score (nSPS) is 13.6. The highest BCUT2D eigenvalue weighted by atomic mass is 16.5. The summed E-state index contributed by atoms with van der Waals surface area (Å²) in [5.41, 5.74) is 3.83. The molecule has 2 aromatic rings. The Morgan fingerprint density at radius 2 is 1.43 bits per heavy atom. The lowest BCUT2D eigenvalue weighted by Gasteiger charge is -2.25. The van der Waals surface area contributed by atoms with Gasteiger partial charge in [0.05, 0.1) is 22.7 Å². The highest BCUT2D eigenvalue weighted by Crippen LogP contribution is 2.40. The van der Waals surface area contributed by atoms with Crippen LogP contribution in [0.5, 0.6) is 0 Å². The molecule has 2 amide bonds. The van der Waals surface area contributed by atoms with Gasteiger partial charge >= 0.3 is 5.97 Å². The van der Waals surface area contributed by atoms with Gasteiger partial charge in [-0.15, -0.1) is 0 Å². The summed E-state index contributed by atoms with van der Waals surface area (Å²) in [7, 11) is 0. The second-order valence-electron chi connectivity index (χ2n) is 8.64. The number of hydrogen-bond donors (Lipinski definition) is 0. The van der Waals surface area contributed by atoms with E-state index < -0.39 is 0 Å². The van der Waals surface area contributed by atoms with E-state index in [4.69, 9.17) is 4.74 Å². The topological polar surface area (TPSA) is 63.7 Å². The van der Waals surface area contributed by atoms with Crippen LogP contribution in [0, 0.1) is 5.92 Å². The zero-order valence-corrected chi connectivity index (χ0v) is 18.5. The number of hydrogen-bond acceptors (Lipinski definition) is 4. The van der Waals surface area contributed by atoms with Gasteiger partial charge in [-0.1, -0.05) is 71.9 Å². The monoisotopic (exact) mass is 407 g/mol. The molecule has 5 heteroatoms. The van der Waals surface area contributed by atoms with Crippen LogP contribution in [0.25, 0.3) is 0 Å². The van der Waals surface area contributed by atoms with E-state index in [-0.39, 0.29) is 42.1 Å². The molecule has 0 radical (unpaired) electrons. The summed E-state index contributed by atoms with van der Waals surface area (Å²) in [4.78, 5) is 40.1. The van der Waals surface area contributed by atoms with Crippen LogP contribution < -0.4 is 4.90 Å². The zero-order valence-electron chi connectivity index (χ0n) is 18.5. The van der Waals surface area contributed by atoms with Crippen LogP contribution in [0.4, 0.5) is 5.69 Å². The molecule has 0 bridgehead atoms. The first-order valence-electron chi connectivity index (χ1n) is 10.4. The number of para-hydroxylation sites is 1. The van der Waals surface area contributed by atoms with Crippen LogP contribution in [-0.4, -0.2) is 17.8 Å². The molecule has 3 rings (SSSR count). The maximum Gasteiger partial charge on any atom is 0.308 e. The zero-order chi connectivity index (χ0) is 22.2. The number of benzene rings is 2. The number of carbonyl (C=O) groups excluding carboxylic acids is 3. The fraction of sp³-hybridized carbons (Fsp3) is 0.400. The van der Waals surface area contributed by atoms with Gasteiger partial charge in [-0.05, 0) is 29.0 Å². The Morgan fingerprint density at radius 3 is 1.97 bits per heavy atom. The fourth-order valence-electron chi connectivity index (χ4n) is 3.76. The minimum absolute atomic E-state index is 0.0318. The lowest BCUT2D eigenvalue weighted by atomic mass is 9.92. The fourth-order valence-corrected chi connectivity index (χ4v) is 3.76. The standard InChI is InChI=1S/C25H29NO4/c1-14(2)18-10-8-11-19(15(3)4)22(18)26-23(27)20-12-7-9-17(21(20)24(26)28)13-30-25(29)16(5)6/h7-12,14-16H,13H2,1-6H3. The van der Waals surface area contributed by atoms with E-state index in [9.17, 15) is 14.4 Å². The maximum atomic E-state index is 13.5. The molecule has 0 N–H and O–H groups in total. The Hall–Kier alpha value is -2.95. The molecular weight excluding hydrogens is 378 g/mol. The lowest BCUT2D eigenvalue weighted by molar-refractivity contribution is -0.148. The van der Waals surface area contributed by atoms with Crippen LogP contribution in [0.3, 0.4) is 0 Å². The molecule has 2 aromatic carbocycles. The molecule has 0 saturated heterocycles. The first-order valence-corrected chi connectivity index (χ1v) is 10.4. The van der Waals surface area contributed by atoms with Crippen LogP contribution in [-0.2, 0) is 16.1 Å². The number of imide groups is 1. The predicted molar refractivity (Wildman–Crippen MR) is 117 cm³/mol. The van der Waals surface area contributed by atoms with E-state index in [1.165, 1.54) is 4.90 Å². The molecular formula is C25H29NO4. The van der Waals surface area contributed by atoms with Crippen LogP contribution in [0.2, 0.25) is 0 Å². The number of carbonyl (C=O) groups is 3. The smallest absolute Gasteiger partial charge is 0.308 e. The Labute approximate surface area is 178 Å². The van der Waals surface area contributed by atoms with E-state index in [2.05, 4.69) is 27.7 Å². The number of ether oxygens (including phenoxy) is 1. The minimum atomic E-state index is -0.360. The first kappa shape index (κ1) is 21.8. The Morgan fingerprint density at radius 1 is 0.867 bits per heavy atom. The minimum Gasteiger partial charge on any atom is -0.461 e. The van der Waals surface area contributed by atoms with Crippen molar-refractivity contribution in [3.05, 3.63) is 64.2 Å². The van der Waals surface area contributed by atoms with Crippen LogP contribution >= 0.6 is 0 Å². The van der Waals surface area contributed by atoms with Crippen molar-refractivity contribution in [2.24, 2.45) is 5.92 Å². The number of esters is 1. The molecule has 1 aliphatic heterocycles. The van der Waals surface area contributed by atoms with E-state index in [0.717, 1.165) is 11.1 Å². The highest BCUT2D eigenvalue weighted by Gasteiger charge is 2.40. The SMILES string of the molecule is CC(C)C(=O)OCc1cccc2c1C(=O)N(c1c(C(C)C)cccc1C(C)C)C2=O. The average molecular weight is 408 g/mol. The molecule has 1 aliphatic rings. The average Bonchev–Trinajstić information content (AvgIpc) is 2.96. The quantitative estimate of drug-likeness (QED) is 0.473. The van der Waals surface area contributed by atoms with Gasteiger partial charge in [-0.25, -0.2) is 4.90 Å². The van der Waals surface area contributed by atoms with E-state index in [1.54, 1.807) is 32.0 Å². The number of rotatable bonds is 6. The Kier molecular flexibility index (Phi) is 6.11. The van der Waals surface area contributed by atoms with Gasteiger partial charge in [-0.2, -0.15) is 0 Å². The van der Waals surface area contributed by atoms with Crippen molar-refractivity contribution in [3.8, 4) is 0 Å². The van der Waals surface area contributed by atoms with Crippen molar-refractivity contribution in [2.45, 2.75) is 60.0 Å². The summed E-state index contributed by atoms with van der Waals surface area (Å²) >= 11 is 0. The van der Waals surface area contributed by atoms with E-state index in [0.29, 0.717) is 22.4 Å². The molecule has 5 nitrogen and oxygen atoms in total. The first-order chi connectivity index (χ1) is 14.1. The summed E-state index contributed by atoms with van der Waals surface area (Å²) in [5.74, 6) is -0.997. The summed E-state index contributed by atoms with van der Waals surface area (Å²) in [6.45, 7) is 11.7. The molecule has 0 aromatic heterocycles. The molecule has 0 atom stereocenters. The van der Waals surface area contributed by atoms with Crippen LogP contribution in [0.1, 0.15) is 90.8 Å². The third-order valence-corrected chi connectivity index (χ3v) is 5.41. The van der Waals surface area contributed by atoms with Crippen LogP contribution in [0.15, 0.2) is 36.4 Å². The number of fused-ring (bicyclic) bond motifs is 1. The van der Waals surface area contributed by atoms with Crippen molar-refractivity contribution in [1.82, 2.24) is 0 Å². The molecule has 0 saturated carbocycles. The molecule has 30 heavy (non-hydrogen) atoms. The van der Waals surface area contributed by atoms with Gasteiger partial charge in [0.15, 0.2) is 0 Å². The predicted octanol–water partition coefficient (Wildman–Crippen LogP) is 5.43. The Balaban J connectivity index is 2.09. The van der Waals surface area contributed by atoms with Crippen molar-refractivity contribution >= 4 is 23.5 Å². The van der Waals surface area contributed by atoms with Crippen molar-refractivity contribution < 1.29 is 19.1 Å². The van der Waals surface area contributed by atoms with Gasteiger partial charge in [-0.3, -0.25) is 14.4 Å². The molecule has 0 aliphatic carbocycles. The molecule has 1 heterocycles. The lowest BCUT2D eigenvalue weighted by Crippen LogP contribution is -2.32. The maximum absolute atomic E-state index is 13.5. The molecule has 0 fully saturated rings. The largest absolute Gasteiger partial charge is 0.461 e. The number of amides is 2. The molecule has 158 valence electrons. The summed E-state index contributed by atoms with van der Waals surface area (Å²) in [6.07, 6.45) is 0. The number of anilines is 1. The summed E-state index contributed by atoms with van der Waals surface area (Å²) < 4.78 is 5.34. The molecule has 0 spiro atoms. The van der Waals surface area contributed by atoms with Gasteiger partial charge in [0, 0.05) is 5.56 Å². The Bertz CT molecular complexity index is 978. The summed E-state index contributed by atoms with van der Waals surface area (Å²) in [5, 5.41) is 0. The van der Waals surface area contributed by atoms with Gasteiger partial charge in [0.25, 0.3) is 11.8 Å². The molecule has 0 unspecified atom stereocenters. The second kappa shape index (κ2) is 8.42. The second-order valence-corrected chi connectivity index (χ2v) is 8.64. The van der Waals surface area contributed by atoms with Crippen molar-refractivity contribution in [1.29, 1.82) is 0 Å². The highest BCUT2D eigenvalue weighted by molar-refractivity contribution is 6.35. The van der Waals surface area contributed by atoms with Crippen molar-refractivity contribution in [3.63, 3.8) is 0 Å².